The molecule has 1 N–H and O–H groups in total. The molecule has 0 aliphatic carbocycles. The van der Waals surface area contributed by atoms with Gasteiger partial charge in [0.2, 0.25) is 5.91 Å². The molecular formula is C22H19ClFN3O. The third kappa shape index (κ3) is 5.02. The smallest absolute Gasteiger partial charge is 0.229 e. The second-order valence-electron chi connectivity index (χ2n) is 6.48. The molecule has 142 valence electrons. The van der Waals surface area contributed by atoms with E-state index in [1.165, 1.54) is 12.1 Å². The first kappa shape index (κ1) is 19.7. The van der Waals surface area contributed by atoms with Crippen molar-refractivity contribution in [1.29, 1.82) is 0 Å². The molecule has 0 spiro atoms. The zero-order valence-corrected chi connectivity index (χ0v) is 16.3. The summed E-state index contributed by atoms with van der Waals surface area (Å²) in [6.45, 7) is 3.92. The summed E-state index contributed by atoms with van der Waals surface area (Å²) < 4.78 is 13.9. The molecular weight excluding hydrogens is 377 g/mol. The maximum absolute atomic E-state index is 13.9. The normalized spacial score (nSPS) is 11.0. The number of amides is 1. The van der Waals surface area contributed by atoms with Crippen LogP contribution in [0.5, 0.6) is 0 Å². The quantitative estimate of drug-likeness (QED) is 0.480. The highest BCUT2D eigenvalue weighted by molar-refractivity contribution is 6.31. The van der Waals surface area contributed by atoms with Crippen molar-refractivity contribution in [1.82, 2.24) is 0 Å². The van der Waals surface area contributed by atoms with Crippen LogP contribution in [0.1, 0.15) is 16.7 Å². The number of nitrogens with zero attached hydrogens (tertiary/aromatic N) is 2. The minimum atomic E-state index is -0.508. The van der Waals surface area contributed by atoms with E-state index in [9.17, 15) is 9.18 Å². The Kier molecular flexibility index (Phi) is 6.16. The van der Waals surface area contributed by atoms with Gasteiger partial charge in [-0.05, 0) is 55.8 Å². The maximum Gasteiger partial charge on any atom is 0.229 e. The molecule has 0 heterocycles. The van der Waals surface area contributed by atoms with Crippen LogP contribution in [0.3, 0.4) is 0 Å². The molecule has 0 bridgehead atoms. The van der Waals surface area contributed by atoms with Crippen molar-refractivity contribution in [2.75, 3.05) is 5.32 Å². The van der Waals surface area contributed by atoms with E-state index in [0.717, 1.165) is 11.1 Å². The first-order chi connectivity index (χ1) is 13.4. The molecule has 0 saturated heterocycles. The number of hydrogen-bond acceptors (Lipinski definition) is 3. The Morgan fingerprint density at radius 2 is 1.71 bits per heavy atom. The minimum Gasteiger partial charge on any atom is -0.324 e. The molecule has 3 aromatic carbocycles. The zero-order chi connectivity index (χ0) is 20.1. The van der Waals surface area contributed by atoms with Crippen LogP contribution in [0, 0.1) is 19.7 Å². The van der Waals surface area contributed by atoms with Crippen LogP contribution in [-0.2, 0) is 11.2 Å². The highest BCUT2D eigenvalue weighted by atomic mass is 35.5. The van der Waals surface area contributed by atoms with E-state index in [-0.39, 0.29) is 22.9 Å². The maximum atomic E-state index is 13.9. The van der Waals surface area contributed by atoms with Crippen LogP contribution < -0.4 is 5.32 Å². The highest BCUT2D eigenvalue weighted by Crippen LogP contribution is 2.29. The number of rotatable bonds is 5. The standard InChI is InChI=1S/C22H19ClFN3O/c1-14-6-9-16(10-7-14)26-27-21-12-15(2)8-11-20(21)25-22(28)13-17-18(23)4-3-5-19(17)24/h3-12H,13H2,1-2H3,(H,25,28). The van der Waals surface area contributed by atoms with E-state index in [2.05, 4.69) is 15.5 Å². The van der Waals surface area contributed by atoms with Crippen LogP contribution in [0.25, 0.3) is 0 Å². The second-order valence-corrected chi connectivity index (χ2v) is 6.89. The van der Waals surface area contributed by atoms with E-state index in [0.29, 0.717) is 17.1 Å². The summed E-state index contributed by atoms with van der Waals surface area (Å²) in [7, 11) is 0. The fourth-order valence-electron chi connectivity index (χ4n) is 2.61. The molecule has 6 heteroatoms. The molecule has 0 saturated carbocycles. The van der Waals surface area contributed by atoms with Crippen molar-refractivity contribution in [2.24, 2.45) is 10.2 Å². The van der Waals surface area contributed by atoms with E-state index in [1.807, 2.05) is 50.2 Å². The van der Waals surface area contributed by atoms with Gasteiger partial charge in [-0.25, -0.2) is 4.39 Å². The molecule has 1 amide bonds. The SMILES string of the molecule is Cc1ccc(N=Nc2cc(C)ccc2NC(=O)Cc2c(F)cccc2Cl)cc1. The number of aryl methyl sites for hydroxylation is 2. The molecule has 0 aromatic heterocycles. The number of carbonyl (C=O) groups excluding carboxylic acids is 1. The van der Waals surface area contributed by atoms with Crippen LogP contribution >= 0.6 is 11.6 Å². The first-order valence-electron chi connectivity index (χ1n) is 8.74. The largest absolute Gasteiger partial charge is 0.324 e. The summed E-state index contributed by atoms with van der Waals surface area (Å²) in [5.41, 5.74) is 4.01. The van der Waals surface area contributed by atoms with Crippen LogP contribution in [0.2, 0.25) is 5.02 Å². The Morgan fingerprint density at radius 1 is 1.00 bits per heavy atom. The molecule has 0 aliphatic heterocycles. The van der Waals surface area contributed by atoms with Gasteiger partial charge >= 0.3 is 0 Å². The lowest BCUT2D eigenvalue weighted by molar-refractivity contribution is -0.115. The minimum absolute atomic E-state index is 0.164. The topological polar surface area (TPSA) is 53.8 Å². The van der Waals surface area contributed by atoms with E-state index in [4.69, 9.17) is 11.6 Å². The molecule has 0 unspecified atom stereocenters. The van der Waals surface area contributed by atoms with Gasteiger partial charge in [0.15, 0.2) is 0 Å². The van der Waals surface area contributed by atoms with E-state index >= 15 is 0 Å². The summed E-state index contributed by atoms with van der Waals surface area (Å²) in [6, 6.07) is 17.4. The van der Waals surface area contributed by atoms with Gasteiger partial charge in [0.1, 0.15) is 11.5 Å². The van der Waals surface area contributed by atoms with Crippen molar-refractivity contribution in [3.8, 4) is 0 Å². The third-order valence-corrected chi connectivity index (χ3v) is 4.49. The molecule has 0 fully saturated rings. The lowest BCUT2D eigenvalue weighted by Crippen LogP contribution is -2.15. The Bertz CT molecular complexity index is 1010. The summed E-state index contributed by atoms with van der Waals surface area (Å²) in [5, 5.41) is 11.5. The van der Waals surface area contributed by atoms with Crippen molar-refractivity contribution < 1.29 is 9.18 Å². The number of anilines is 1. The number of benzene rings is 3. The van der Waals surface area contributed by atoms with Gasteiger partial charge in [0.25, 0.3) is 0 Å². The monoisotopic (exact) mass is 395 g/mol. The predicted molar refractivity (Wildman–Crippen MR) is 110 cm³/mol. The number of halogens is 2. The molecule has 4 nitrogen and oxygen atoms in total. The fourth-order valence-corrected chi connectivity index (χ4v) is 2.84. The highest BCUT2D eigenvalue weighted by Gasteiger charge is 2.13. The second kappa shape index (κ2) is 8.76. The van der Waals surface area contributed by atoms with Gasteiger partial charge in [0.05, 0.1) is 17.8 Å². The van der Waals surface area contributed by atoms with Crippen molar-refractivity contribution in [2.45, 2.75) is 20.3 Å². The number of azo groups is 1. The van der Waals surface area contributed by atoms with Gasteiger partial charge in [-0.2, -0.15) is 5.11 Å². The lowest BCUT2D eigenvalue weighted by Gasteiger charge is -2.10. The van der Waals surface area contributed by atoms with Gasteiger partial charge in [-0.15, -0.1) is 5.11 Å². The number of carbonyl (C=O) groups is 1. The van der Waals surface area contributed by atoms with Crippen LogP contribution in [-0.4, -0.2) is 5.91 Å². The molecule has 0 atom stereocenters. The molecule has 3 aromatic rings. The average Bonchev–Trinajstić information content (AvgIpc) is 2.66. The predicted octanol–water partition coefficient (Wildman–Crippen LogP) is 6.69. The Balaban J connectivity index is 1.80. The summed E-state index contributed by atoms with van der Waals surface area (Å²) in [6.07, 6.45) is -0.173. The average molecular weight is 396 g/mol. The zero-order valence-electron chi connectivity index (χ0n) is 15.5. The number of hydrogen-bond donors (Lipinski definition) is 1. The Labute approximate surface area is 168 Å². The third-order valence-electron chi connectivity index (χ3n) is 4.13. The van der Waals surface area contributed by atoms with E-state index < -0.39 is 5.82 Å². The molecule has 0 aliphatic rings. The fraction of sp³-hybridized carbons (Fsp3) is 0.136. The Hall–Kier alpha value is -3.05. The first-order valence-corrected chi connectivity index (χ1v) is 9.12. The van der Waals surface area contributed by atoms with Crippen LogP contribution in [0.15, 0.2) is 70.9 Å². The summed E-state index contributed by atoms with van der Waals surface area (Å²) in [4.78, 5) is 12.4. The van der Waals surface area contributed by atoms with Crippen molar-refractivity contribution >= 4 is 34.6 Å². The summed E-state index contributed by atoms with van der Waals surface area (Å²) >= 11 is 6.00. The van der Waals surface area contributed by atoms with Gasteiger partial charge < -0.3 is 5.32 Å². The summed E-state index contributed by atoms with van der Waals surface area (Å²) in [5.74, 6) is -0.895. The molecule has 0 radical (unpaired) electrons. The molecule has 3 rings (SSSR count). The lowest BCUT2D eigenvalue weighted by atomic mass is 10.1. The van der Waals surface area contributed by atoms with Crippen molar-refractivity contribution in [3.63, 3.8) is 0 Å². The van der Waals surface area contributed by atoms with Crippen LogP contribution in [0.4, 0.5) is 21.5 Å². The van der Waals surface area contributed by atoms with Gasteiger partial charge in [0, 0.05) is 10.6 Å². The van der Waals surface area contributed by atoms with Gasteiger partial charge in [-0.1, -0.05) is 41.4 Å². The Morgan fingerprint density at radius 3 is 2.43 bits per heavy atom. The molecule has 28 heavy (non-hydrogen) atoms. The van der Waals surface area contributed by atoms with Crippen molar-refractivity contribution in [3.05, 3.63) is 88.2 Å². The number of nitrogens with one attached hydrogen (secondary N) is 1. The van der Waals surface area contributed by atoms with Gasteiger partial charge in [-0.3, -0.25) is 4.79 Å². The van der Waals surface area contributed by atoms with E-state index in [1.54, 1.807) is 12.1 Å².